The SMILES string of the molecule is CC(C)(C)c1cc(N2CC3CN(Cc4cocn4)CC3C2)ncn1. The summed E-state index contributed by atoms with van der Waals surface area (Å²) < 4.78 is 5.07. The molecule has 6 nitrogen and oxygen atoms in total. The number of aromatic nitrogens is 3. The Kier molecular flexibility index (Phi) is 3.79. The van der Waals surface area contributed by atoms with E-state index < -0.39 is 0 Å². The zero-order chi connectivity index (χ0) is 16.7. The van der Waals surface area contributed by atoms with Crippen LogP contribution in [0, 0.1) is 11.8 Å². The molecule has 0 N–H and O–H groups in total. The highest BCUT2D eigenvalue weighted by molar-refractivity contribution is 5.42. The van der Waals surface area contributed by atoms with E-state index in [1.165, 1.54) is 6.39 Å². The van der Waals surface area contributed by atoms with E-state index >= 15 is 0 Å². The summed E-state index contributed by atoms with van der Waals surface area (Å²) in [5.74, 6) is 2.50. The minimum absolute atomic E-state index is 0.0572. The molecular weight excluding hydrogens is 302 g/mol. The van der Waals surface area contributed by atoms with Crippen LogP contribution in [0.1, 0.15) is 32.2 Å². The second-order valence-corrected chi connectivity index (χ2v) is 8.11. The fourth-order valence-electron chi connectivity index (χ4n) is 3.88. The van der Waals surface area contributed by atoms with Gasteiger partial charge in [-0.2, -0.15) is 0 Å². The van der Waals surface area contributed by atoms with Crippen LogP contribution in [0.15, 0.2) is 29.5 Å². The van der Waals surface area contributed by atoms with Crippen LogP contribution in [0.2, 0.25) is 0 Å². The largest absolute Gasteiger partial charge is 0.451 e. The van der Waals surface area contributed by atoms with Crippen molar-refractivity contribution in [3.05, 3.63) is 36.4 Å². The van der Waals surface area contributed by atoms with Crippen LogP contribution in [-0.4, -0.2) is 46.0 Å². The van der Waals surface area contributed by atoms with Gasteiger partial charge in [0.1, 0.15) is 18.4 Å². The van der Waals surface area contributed by atoms with Crippen molar-refractivity contribution >= 4 is 5.82 Å². The lowest BCUT2D eigenvalue weighted by Crippen LogP contribution is -2.29. The van der Waals surface area contributed by atoms with Gasteiger partial charge in [0.25, 0.3) is 0 Å². The maximum atomic E-state index is 5.07. The molecule has 128 valence electrons. The fraction of sp³-hybridized carbons (Fsp3) is 0.611. The molecule has 2 aliphatic rings. The first kappa shape index (κ1) is 15.6. The molecular formula is C18H25N5O. The third-order valence-electron chi connectivity index (χ3n) is 5.18. The van der Waals surface area contributed by atoms with Crippen LogP contribution >= 0.6 is 0 Å². The number of likely N-dealkylation sites (tertiary alicyclic amines) is 1. The van der Waals surface area contributed by atoms with Gasteiger partial charge in [-0.3, -0.25) is 4.90 Å². The first-order valence-corrected chi connectivity index (χ1v) is 8.66. The van der Waals surface area contributed by atoms with E-state index in [4.69, 9.17) is 4.42 Å². The normalized spacial score (nSPS) is 24.5. The Labute approximate surface area is 142 Å². The Balaban J connectivity index is 1.41. The number of oxazole rings is 1. The molecule has 0 aliphatic carbocycles. The summed E-state index contributed by atoms with van der Waals surface area (Å²) in [7, 11) is 0. The van der Waals surface area contributed by atoms with E-state index in [0.29, 0.717) is 11.8 Å². The summed E-state index contributed by atoms with van der Waals surface area (Å²) in [6.45, 7) is 11.9. The van der Waals surface area contributed by atoms with Crippen molar-refractivity contribution in [2.75, 3.05) is 31.1 Å². The second kappa shape index (κ2) is 5.84. The maximum Gasteiger partial charge on any atom is 0.180 e. The van der Waals surface area contributed by atoms with E-state index in [2.05, 4.69) is 51.6 Å². The van der Waals surface area contributed by atoms with Crippen LogP contribution < -0.4 is 4.90 Å². The molecule has 0 spiro atoms. The summed E-state index contributed by atoms with van der Waals surface area (Å²) in [4.78, 5) is 18.1. The van der Waals surface area contributed by atoms with Crippen molar-refractivity contribution in [3.63, 3.8) is 0 Å². The number of hydrogen-bond acceptors (Lipinski definition) is 6. The lowest BCUT2D eigenvalue weighted by Gasteiger charge is -2.24. The minimum atomic E-state index is 0.0572. The van der Waals surface area contributed by atoms with Crippen molar-refractivity contribution in [2.45, 2.75) is 32.7 Å². The zero-order valence-corrected chi connectivity index (χ0v) is 14.6. The summed E-state index contributed by atoms with van der Waals surface area (Å²) in [5, 5.41) is 0. The number of hydrogen-bond donors (Lipinski definition) is 0. The van der Waals surface area contributed by atoms with Gasteiger partial charge in [0.05, 0.1) is 11.4 Å². The quantitative estimate of drug-likeness (QED) is 0.862. The topological polar surface area (TPSA) is 58.3 Å². The third kappa shape index (κ3) is 3.02. The molecule has 0 aromatic carbocycles. The van der Waals surface area contributed by atoms with E-state index in [9.17, 15) is 0 Å². The highest BCUT2D eigenvalue weighted by Gasteiger charge is 2.40. The number of anilines is 1. The summed E-state index contributed by atoms with van der Waals surface area (Å²) >= 11 is 0. The van der Waals surface area contributed by atoms with Crippen molar-refractivity contribution in [3.8, 4) is 0 Å². The number of rotatable bonds is 3. The van der Waals surface area contributed by atoms with E-state index in [-0.39, 0.29) is 5.41 Å². The molecule has 0 saturated carbocycles. The van der Waals surface area contributed by atoms with Gasteiger partial charge in [0.15, 0.2) is 6.39 Å². The second-order valence-electron chi connectivity index (χ2n) is 8.11. The van der Waals surface area contributed by atoms with Gasteiger partial charge in [-0.1, -0.05) is 20.8 Å². The van der Waals surface area contributed by atoms with Gasteiger partial charge in [-0.15, -0.1) is 0 Å². The predicted octanol–water partition coefficient (Wildman–Crippen LogP) is 2.33. The summed E-state index contributed by atoms with van der Waals surface area (Å²) in [6.07, 6.45) is 4.96. The zero-order valence-electron chi connectivity index (χ0n) is 14.6. The van der Waals surface area contributed by atoms with Crippen molar-refractivity contribution in [2.24, 2.45) is 11.8 Å². The first-order valence-electron chi connectivity index (χ1n) is 8.66. The lowest BCUT2D eigenvalue weighted by atomic mass is 9.92. The molecule has 2 aromatic heterocycles. The molecule has 2 fully saturated rings. The Morgan fingerprint density at radius 1 is 1.08 bits per heavy atom. The monoisotopic (exact) mass is 327 g/mol. The predicted molar refractivity (Wildman–Crippen MR) is 91.7 cm³/mol. The summed E-state index contributed by atoms with van der Waals surface area (Å²) in [6, 6.07) is 2.16. The van der Waals surface area contributed by atoms with Gasteiger partial charge < -0.3 is 9.32 Å². The highest BCUT2D eigenvalue weighted by atomic mass is 16.3. The van der Waals surface area contributed by atoms with Crippen LogP contribution in [0.4, 0.5) is 5.82 Å². The van der Waals surface area contributed by atoms with Crippen molar-refractivity contribution < 1.29 is 4.42 Å². The molecule has 0 bridgehead atoms. The van der Waals surface area contributed by atoms with Gasteiger partial charge in [0, 0.05) is 44.2 Å². The standard InChI is InChI=1S/C18H25N5O/c1-18(2,3)16-4-17(20-11-19-16)23-7-13-5-22(6-14(13)8-23)9-15-10-24-12-21-15/h4,10-14H,5-9H2,1-3H3. The average molecular weight is 327 g/mol. The van der Waals surface area contributed by atoms with Crippen molar-refractivity contribution in [1.82, 2.24) is 19.9 Å². The first-order chi connectivity index (χ1) is 11.5. The van der Waals surface area contributed by atoms with E-state index in [0.717, 1.165) is 49.9 Å². The fourth-order valence-corrected chi connectivity index (χ4v) is 3.88. The van der Waals surface area contributed by atoms with Crippen LogP contribution in [0.5, 0.6) is 0 Å². The van der Waals surface area contributed by atoms with Gasteiger partial charge in [-0.25, -0.2) is 15.0 Å². The number of nitrogens with zero attached hydrogens (tertiary/aromatic N) is 5. The highest BCUT2D eigenvalue weighted by Crippen LogP contribution is 2.34. The summed E-state index contributed by atoms with van der Waals surface area (Å²) in [5.41, 5.74) is 2.19. The molecule has 0 radical (unpaired) electrons. The maximum absolute atomic E-state index is 5.07. The molecule has 4 heterocycles. The third-order valence-corrected chi connectivity index (χ3v) is 5.18. The van der Waals surface area contributed by atoms with Crippen molar-refractivity contribution in [1.29, 1.82) is 0 Å². The van der Waals surface area contributed by atoms with Gasteiger partial charge >= 0.3 is 0 Å². The Bertz CT molecular complexity index is 680. The molecule has 2 saturated heterocycles. The van der Waals surface area contributed by atoms with E-state index in [1.807, 2.05) is 0 Å². The van der Waals surface area contributed by atoms with Crippen LogP contribution in [0.3, 0.4) is 0 Å². The molecule has 2 atom stereocenters. The Morgan fingerprint density at radius 2 is 1.83 bits per heavy atom. The molecule has 24 heavy (non-hydrogen) atoms. The minimum Gasteiger partial charge on any atom is -0.451 e. The smallest absolute Gasteiger partial charge is 0.180 e. The van der Waals surface area contributed by atoms with E-state index in [1.54, 1.807) is 12.6 Å². The Hall–Kier alpha value is -1.95. The number of fused-ring (bicyclic) bond motifs is 1. The Morgan fingerprint density at radius 3 is 2.46 bits per heavy atom. The molecule has 2 unspecified atom stereocenters. The molecule has 0 amide bonds. The van der Waals surface area contributed by atoms with Gasteiger partial charge in [-0.05, 0) is 11.8 Å². The average Bonchev–Trinajstić information content (AvgIpc) is 3.23. The van der Waals surface area contributed by atoms with Crippen LogP contribution in [0.25, 0.3) is 0 Å². The molecule has 2 aliphatic heterocycles. The molecule has 2 aromatic rings. The lowest BCUT2D eigenvalue weighted by molar-refractivity contribution is 0.304. The van der Waals surface area contributed by atoms with Crippen LogP contribution in [-0.2, 0) is 12.0 Å². The van der Waals surface area contributed by atoms with Gasteiger partial charge in [0.2, 0.25) is 0 Å². The molecule has 4 rings (SSSR count). The molecule has 6 heteroatoms.